The van der Waals surface area contributed by atoms with Crippen LogP contribution in [0.4, 0.5) is 0 Å². The third kappa shape index (κ3) is 5.27. The first-order chi connectivity index (χ1) is 11.6. The number of ether oxygens (including phenoxy) is 2. The van der Waals surface area contributed by atoms with E-state index in [0.29, 0.717) is 24.7 Å². The Morgan fingerprint density at radius 1 is 1.17 bits per heavy atom. The molecule has 126 valence electrons. The smallest absolute Gasteiger partial charge is 0.211 e. The standard InChI is InChI=1S/C17H19BrN4O2/c1-2-23-15-9-13(10-21-22-17(19)20)8-14(18)16(15)24-11-12-6-4-3-5-7-12/h3-10H,2,11H2,1H3,(H4,19,20,22)/b21-10+. The lowest BCUT2D eigenvalue weighted by molar-refractivity contribution is 0.267. The molecule has 0 radical (unpaired) electrons. The Labute approximate surface area is 149 Å². The average Bonchev–Trinajstić information content (AvgIpc) is 2.55. The fourth-order valence-corrected chi connectivity index (χ4v) is 2.53. The molecule has 0 aromatic heterocycles. The molecule has 0 aliphatic carbocycles. The number of guanidine groups is 1. The summed E-state index contributed by atoms with van der Waals surface area (Å²) in [6.07, 6.45) is 1.54. The van der Waals surface area contributed by atoms with Crippen molar-refractivity contribution in [1.82, 2.24) is 0 Å². The minimum Gasteiger partial charge on any atom is -0.490 e. The van der Waals surface area contributed by atoms with E-state index in [1.165, 1.54) is 6.21 Å². The molecule has 0 unspecified atom stereocenters. The van der Waals surface area contributed by atoms with Gasteiger partial charge in [-0.1, -0.05) is 30.3 Å². The van der Waals surface area contributed by atoms with Gasteiger partial charge in [0.1, 0.15) is 6.61 Å². The first kappa shape index (κ1) is 17.8. The van der Waals surface area contributed by atoms with Crippen LogP contribution in [-0.2, 0) is 6.61 Å². The fraction of sp³-hybridized carbons (Fsp3) is 0.176. The number of benzene rings is 2. The summed E-state index contributed by atoms with van der Waals surface area (Å²) in [5.74, 6) is 1.16. The number of hydrogen-bond acceptors (Lipinski definition) is 4. The number of nitrogens with zero attached hydrogens (tertiary/aromatic N) is 2. The molecule has 0 bridgehead atoms. The van der Waals surface area contributed by atoms with Crippen molar-refractivity contribution in [1.29, 1.82) is 0 Å². The van der Waals surface area contributed by atoms with Gasteiger partial charge in [0, 0.05) is 0 Å². The molecule has 24 heavy (non-hydrogen) atoms. The largest absolute Gasteiger partial charge is 0.490 e. The zero-order valence-electron chi connectivity index (χ0n) is 13.3. The molecule has 0 fully saturated rings. The lowest BCUT2D eigenvalue weighted by Gasteiger charge is -2.14. The monoisotopic (exact) mass is 390 g/mol. The van der Waals surface area contributed by atoms with E-state index < -0.39 is 0 Å². The second kappa shape index (κ2) is 8.93. The molecule has 0 saturated heterocycles. The molecule has 2 aromatic carbocycles. The van der Waals surface area contributed by atoms with Crippen LogP contribution in [0.2, 0.25) is 0 Å². The quantitative estimate of drug-likeness (QED) is 0.431. The zero-order chi connectivity index (χ0) is 17.4. The Bertz CT molecular complexity index is 729. The lowest BCUT2D eigenvalue weighted by atomic mass is 10.2. The van der Waals surface area contributed by atoms with Gasteiger partial charge in [-0.25, -0.2) is 0 Å². The van der Waals surface area contributed by atoms with Crippen LogP contribution in [0.1, 0.15) is 18.1 Å². The summed E-state index contributed by atoms with van der Waals surface area (Å²) in [5, 5.41) is 7.38. The lowest BCUT2D eigenvalue weighted by Crippen LogP contribution is -2.21. The van der Waals surface area contributed by atoms with E-state index in [0.717, 1.165) is 15.6 Å². The predicted octanol–water partition coefficient (Wildman–Crippen LogP) is 3.03. The van der Waals surface area contributed by atoms with Crippen LogP contribution >= 0.6 is 15.9 Å². The van der Waals surface area contributed by atoms with Crippen molar-refractivity contribution >= 4 is 28.1 Å². The Balaban J connectivity index is 2.23. The van der Waals surface area contributed by atoms with Crippen molar-refractivity contribution in [2.75, 3.05) is 6.61 Å². The molecular weight excluding hydrogens is 372 g/mol. The van der Waals surface area contributed by atoms with E-state index in [1.54, 1.807) is 0 Å². The summed E-state index contributed by atoms with van der Waals surface area (Å²) in [7, 11) is 0. The Kier molecular flexibility index (Phi) is 6.62. The highest BCUT2D eigenvalue weighted by atomic mass is 79.9. The van der Waals surface area contributed by atoms with Crippen LogP contribution < -0.4 is 20.9 Å². The van der Waals surface area contributed by atoms with E-state index in [9.17, 15) is 0 Å². The summed E-state index contributed by atoms with van der Waals surface area (Å²) >= 11 is 3.51. The van der Waals surface area contributed by atoms with Crippen LogP contribution in [0.5, 0.6) is 11.5 Å². The summed E-state index contributed by atoms with van der Waals surface area (Å²) in [6, 6.07) is 13.6. The first-order valence-electron chi connectivity index (χ1n) is 7.35. The minimum atomic E-state index is -0.0989. The van der Waals surface area contributed by atoms with Crippen molar-refractivity contribution in [2.24, 2.45) is 21.7 Å². The Morgan fingerprint density at radius 3 is 2.58 bits per heavy atom. The highest BCUT2D eigenvalue weighted by molar-refractivity contribution is 9.10. The normalized spacial score (nSPS) is 10.6. The molecule has 0 heterocycles. The van der Waals surface area contributed by atoms with Crippen molar-refractivity contribution in [3.8, 4) is 11.5 Å². The number of halogens is 1. The molecule has 7 heteroatoms. The second-order valence-corrected chi connectivity index (χ2v) is 5.66. The van der Waals surface area contributed by atoms with Gasteiger partial charge < -0.3 is 20.9 Å². The summed E-state index contributed by atoms with van der Waals surface area (Å²) in [6.45, 7) is 2.87. The maximum absolute atomic E-state index is 5.92. The third-order valence-corrected chi connectivity index (χ3v) is 3.53. The Morgan fingerprint density at radius 2 is 1.92 bits per heavy atom. The summed E-state index contributed by atoms with van der Waals surface area (Å²) in [5.41, 5.74) is 12.3. The van der Waals surface area contributed by atoms with E-state index in [1.807, 2.05) is 49.4 Å². The summed E-state index contributed by atoms with van der Waals surface area (Å²) < 4.78 is 12.4. The van der Waals surface area contributed by atoms with E-state index in [4.69, 9.17) is 20.9 Å². The highest BCUT2D eigenvalue weighted by Gasteiger charge is 2.12. The van der Waals surface area contributed by atoms with E-state index >= 15 is 0 Å². The van der Waals surface area contributed by atoms with Gasteiger partial charge in [-0.15, -0.1) is 5.10 Å². The number of nitrogens with two attached hydrogens (primary N) is 2. The van der Waals surface area contributed by atoms with Gasteiger partial charge in [0.25, 0.3) is 0 Å². The average molecular weight is 391 g/mol. The molecule has 0 saturated carbocycles. The molecule has 0 amide bonds. The van der Waals surface area contributed by atoms with Gasteiger partial charge in [0.2, 0.25) is 5.96 Å². The SMILES string of the molecule is CCOc1cc(/C=N/N=C(N)N)cc(Br)c1OCc1ccccc1. The van der Waals surface area contributed by atoms with Gasteiger partial charge in [0.15, 0.2) is 11.5 Å². The van der Waals surface area contributed by atoms with Gasteiger partial charge in [0.05, 0.1) is 17.3 Å². The molecular formula is C17H19BrN4O2. The molecule has 2 aromatic rings. The molecule has 0 aliphatic rings. The predicted molar refractivity (Wildman–Crippen MR) is 99.5 cm³/mol. The molecule has 0 spiro atoms. The Hall–Kier alpha value is -2.54. The van der Waals surface area contributed by atoms with E-state index in [-0.39, 0.29) is 5.96 Å². The van der Waals surface area contributed by atoms with Gasteiger partial charge in [-0.2, -0.15) is 5.10 Å². The second-order valence-electron chi connectivity index (χ2n) is 4.81. The van der Waals surface area contributed by atoms with Gasteiger partial charge in [-0.3, -0.25) is 0 Å². The molecule has 0 aliphatic heterocycles. The third-order valence-electron chi connectivity index (χ3n) is 2.94. The molecule has 0 atom stereocenters. The molecule has 2 rings (SSSR count). The van der Waals surface area contributed by atoms with Gasteiger partial charge >= 0.3 is 0 Å². The van der Waals surface area contributed by atoms with Crippen molar-refractivity contribution in [3.63, 3.8) is 0 Å². The maximum Gasteiger partial charge on any atom is 0.211 e. The molecule has 4 N–H and O–H groups in total. The first-order valence-corrected chi connectivity index (χ1v) is 8.14. The van der Waals surface area contributed by atoms with Crippen molar-refractivity contribution in [2.45, 2.75) is 13.5 Å². The van der Waals surface area contributed by atoms with Crippen LogP contribution in [-0.4, -0.2) is 18.8 Å². The summed E-state index contributed by atoms with van der Waals surface area (Å²) in [4.78, 5) is 0. The number of hydrogen-bond donors (Lipinski definition) is 2. The van der Waals surface area contributed by atoms with Crippen molar-refractivity contribution in [3.05, 3.63) is 58.1 Å². The van der Waals surface area contributed by atoms with Crippen LogP contribution in [0.3, 0.4) is 0 Å². The highest BCUT2D eigenvalue weighted by Crippen LogP contribution is 2.37. The maximum atomic E-state index is 5.92. The zero-order valence-corrected chi connectivity index (χ0v) is 14.9. The van der Waals surface area contributed by atoms with Crippen LogP contribution in [0.15, 0.2) is 57.1 Å². The van der Waals surface area contributed by atoms with Crippen molar-refractivity contribution < 1.29 is 9.47 Å². The van der Waals surface area contributed by atoms with E-state index in [2.05, 4.69) is 26.1 Å². The fourth-order valence-electron chi connectivity index (χ4n) is 1.96. The molecule has 6 nitrogen and oxygen atoms in total. The number of rotatable bonds is 7. The topological polar surface area (TPSA) is 95.2 Å². The van der Waals surface area contributed by atoms with Crippen LogP contribution in [0.25, 0.3) is 0 Å². The minimum absolute atomic E-state index is 0.0989. The van der Waals surface area contributed by atoms with Crippen LogP contribution in [0, 0.1) is 0 Å². The van der Waals surface area contributed by atoms with Gasteiger partial charge in [-0.05, 0) is 46.1 Å².